The molecule has 1 amide bonds. The topological polar surface area (TPSA) is 79.5 Å². The monoisotopic (exact) mass is 360 g/mol. The van der Waals surface area contributed by atoms with E-state index in [0.717, 1.165) is 25.7 Å². The van der Waals surface area contributed by atoms with Crippen molar-refractivity contribution in [1.29, 1.82) is 0 Å². The van der Waals surface area contributed by atoms with Gasteiger partial charge in [-0.15, -0.1) is 6.58 Å². The third-order valence-electron chi connectivity index (χ3n) is 4.90. The number of H-pyrrole nitrogens is 1. The first-order valence-electron chi connectivity index (χ1n) is 9.19. The molecule has 0 aromatic carbocycles. The number of ether oxygens (including phenoxy) is 1. The van der Waals surface area contributed by atoms with E-state index in [2.05, 4.69) is 11.6 Å². The maximum absolute atomic E-state index is 12.9. The average Bonchev–Trinajstić information content (AvgIpc) is 3.22. The van der Waals surface area contributed by atoms with E-state index in [4.69, 9.17) is 4.74 Å². The van der Waals surface area contributed by atoms with Crippen LogP contribution in [0.2, 0.25) is 0 Å². The van der Waals surface area contributed by atoms with E-state index in [9.17, 15) is 14.4 Å². The quantitative estimate of drug-likeness (QED) is 0.439. The van der Waals surface area contributed by atoms with Crippen molar-refractivity contribution in [2.24, 2.45) is 5.92 Å². The predicted octanol–water partition coefficient (Wildman–Crippen LogP) is 3.20. The lowest BCUT2D eigenvalue weighted by atomic mass is 10.0. The second kappa shape index (κ2) is 8.83. The fourth-order valence-corrected chi connectivity index (χ4v) is 3.65. The Morgan fingerprint density at radius 2 is 1.92 bits per heavy atom. The Kier molecular flexibility index (Phi) is 6.77. The van der Waals surface area contributed by atoms with E-state index in [1.54, 1.807) is 31.7 Å². The summed E-state index contributed by atoms with van der Waals surface area (Å²) >= 11 is 0. The largest absolute Gasteiger partial charge is 0.461 e. The van der Waals surface area contributed by atoms with Crippen LogP contribution >= 0.6 is 0 Å². The van der Waals surface area contributed by atoms with Gasteiger partial charge in [-0.1, -0.05) is 18.9 Å². The number of nitrogens with one attached hydrogen (secondary N) is 1. The van der Waals surface area contributed by atoms with Gasteiger partial charge in [0.2, 0.25) is 5.91 Å². The highest BCUT2D eigenvalue weighted by molar-refractivity contribution is 6.04. The van der Waals surface area contributed by atoms with Crippen LogP contribution < -0.4 is 0 Å². The molecule has 2 rings (SSSR count). The fourth-order valence-electron chi connectivity index (χ4n) is 3.65. The van der Waals surface area contributed by atoms with Gasteiger partial charge >= 0.3 is 5.97 Å². The number of hydrogen-bond acceptors (Lipinski definition) is 4. The minimum Gasteiger partial charge on any atom is -0.461 e. The van der Waals surface area contributed by atoms with Crippen LogP contribution in [0.4, 0.5) is 0 Å². The zero-order valence-corrected chi connectivity index (χ0v) is 15.9. The molecule has 142 valence electrons. The van der Waals surface area contributed by atoms with Crippen LogP contribution in [0.25, 0.3) is 0 Å². The zero-order valence-electron chi connectivity index (χ0n) is 15.9. The molecule has 6 heteroatoms. The first-order valence-corrected chi connectivity index (χ1v) is 9.19. The summed E-state index contributed by atoms with van der Waals surface area (Å²) in [5, 5.41) is 0. The summed E-state index contributed by atoms with van der Waals surface area (Å²) in [5.74, 6) is -0.629. The van der Waals surface area contributed by atoms with Crippen molar-refractivity contribution in [2.75, 3.05) is 19.7 Å². The van der Waals surface area contributed by atoms with Crippen LogP contribution in [-0.2, 0) is 9.53 Å². The normalized spacial score (nSPS) is 14.3. The van der Waals surface area contributed by atoms with Gasteiger partial charge in [-0.2, -0.15) is 0 Å². The van der Waals surface area contributed by atoms with Gasteiger partial charge in [0.1, 0.15) is 5.69 Å². The van der Waals surface area contributed by atoms with Crippen molar-refractivity contribution in [3.05, 3.63) is 35.2 Å². The van der Waals surface area contributed by atoms with Crippen molar-refractivity contribution in [2.45, 2.75) is 46.5 Å². The number of aromatic amines is 1. The number of ketones is 1. The van der Waals surface area contributed by atoms with Gasteiger partial charge in [-0.25, -0.2) is 4.79 Å². The molecule has 0 unspecified atom stereocenters. The Balaban J connectivity index is 2.20. The van der Waals surface area contributed by atoms with Gasteiger partial charge in [0.05, 0.1) is 13.2 Å². The maximum atomic E-state index is 12.9. The lowest BCUT2D eigenvalue weighted by Crippen LogP contribution is -2.39. The molecule has 0 spiro atoms. The number of carbonyl (C=O) groups is 3. The van der Waals surface area contributed by atoms with Crippen LogP contribution in [0.15, 0.2) is 12.7 Å². The summed E-state index contributed by atoms with van der Waals surface area (Å²) in [5.41, 5.74) is 1.94. The number of aromatic nitrogens is 1. The molecule has 1 aliphatic carbocycles. The number of carbonyl (C=O) groups excluding carboxylic acids is 3. The Morgan fingerprint density at radius 3 is 2.50 bits per heavy atom. The number of esters is 1. The number of amides is 1. The van der Waals surface area contributed by atoms with Crippen molar-refractivity contribution in [3.8, 4) is 0 Å². The summed E-state index contributed by atoms with van der Waals surface area (Å²) in [6.45, 7) is 9.50. The van der Waals surface area contributed by atoms with E-state index in [0.29, 0.717) is 29.1 Å². The van der Waals surface area contributed by atoms with Crippen LogP contribution in [0.5, 0.6) is 0 Å². The molecule has 0 bridgehead atoms. The van der Waals surface area contributed by atoms with E-state index in [-0.39, 0.29) is 30.8 Å². The van der Waals surface area contributed by atoms with Gasteiger partial charge in [0, 0.05) is 23.7 Å². The van der Waals surface area contributed by atoms with Gasteiger partial charge in [-0.3, -0.25) is 9.59 Å². The Labute approximate surface area is 154 Å². The SMILES string of the molecule is C=CCN(CC(=O)c1c(C)[nH]c(C(=O)OCC)c1C)C(=O)C1CCCC1. The maximum Gasteiger partial charge on any atom is 0.355 e. The third kappa shape index (κ3) is 4.23. The second-order valence-corrected chi connectivity index (χ2v) is 6.76. The Morgan fingerprint density at radius 1 is 1.27 bits per heavy atom. The smallest absolute Gasteiger partial charge is 0.355 e. The number of aryl methyl sites for hydroxylation is 1. The molecule has 1 aliphatic rings. The van der Waals surface area contributed by atoms with Gasteiger partial charge < -0.3 is 14.6 Å². The van der Waals surface area contributed by atoms with E-state index >= 15 is 0 Å². The molecule has 1 aromatic heterocycles. The van der Waals surface area contributed by atoms with Gasteiger partial charge in [0.25, 0.3) is 0 Å². The van der Waals surface area contributed by atoms with E-state index < -0.39 is 5.97 Å². The molecule has 0 saturated heterocycles. The molecule has 1 heterocycles. The first-order chi connectivity index (χ1) is 12.4. The molecule has 1 saturated carbocycles. The minimum absolute atomic E-state index is 0.00580. The summed E-state index contributed by atoms with van der Waals surface area (Å²) < 4.78 is 5.02. The third-order valence-corrected chi connectivity index (χ3v) is 4.90. The predicted molar refractivity (Wildman–Crippen MR) is 99.3 cm³/mol. The minimum atomic E-state index is -0.475. The Hall–Kier alpha value is -2.37. The Bertz CT molecular complexity index is 699. The van der Waals surface area contributed by atoms with Crippen molar-refractivity contribution in [3.63, 3.8) is 0 Å². The molecule has 0 atom stereocenters. The van der Waals surface area contributed by atoms with E-state index in [1.165, 1.54) is 0 Å². The molecular weight excluding hydrogens is 332 g/mol. The van der Waals surface area contributed by atoms with Crippen molar-refractivity contribution in [1.82, 2.24) is 9.88 Å². The average molecular weight is 360 g/mol. The molecule has 6 nitrogen and oxygen atoms in total. The first kappa shape index (κ1) is 19.9. The molecule has 0 radical (unpaired) electrons. The highest BCUT2D eigenvalue weighted by atomic mass is 16.5. The van der Waals surface area contributed by atoms with Gasteiger partial charge in [-0.05, 0) is 39.2 Å². The summed E-state index contributed by atoms with van der Waals surface area (Å²) in [6.07, 6.45) is 5.53. The highest BCUT2D eigenvalue weighted by Gasteiger charge is 2.29. The van der Waals surface area contributed by atoms with Crippen molar-refractivity contribution < 1.29 is 19.1 Å². The highest BCUT2D eigenvalue weighted by Crippen LogP contribution is 2.27. The second-order valence-electron chi connectivity index (χ2n) is 6.76. The molecule has 1 aromatic rings. The van der Waals surface area contributed by atoms with Crippen molar-refractivity contribution >= 4 is 17.7 Å². The number of nitrogens with zero attached hydrogens (tertiary/aromatic N) is 1. The molecule has 1 N–H and O–H groups in total. The summed E-state index contributed by atoms with van der Waals surface area (Å²) in [4.78, 5) is 42.1. The lowest BCUT2D eigenvalue weighted by molar-refractivity contribution is -0.134. The molecule has 26 heavy (non-hydrogen) atoms. The molecular formula is C20H28N2O4. The summed E-state index contributed by atoms with van der Waals surface area (Å²) in [7, 11) is 0. The number of hydrogen-bond donors (Lipinski definition) is 1. The number of rotatable bonds is 8. The molecule has 1 fully saturated rings. The fraction of sp³-hybridized carbons (Fsp3) is 0.550. The van der Waals surface area contributed by atoms with E-state index in [1.807, 2.05) is 0 Å². The van der Waals surface area contributed by atoms with Gasteiger partial charge in [0.15, 0.2) is 5.78 Å². The van der Waals surface area contributed by atoms with Crippen LogP contribution in [0, 0.1) is 19.8 Å². The number of Topliss-reactive ketones (excluding diaryl/α,β-unsaturated/α-hetero) is 1. The van der Waals surface area contributed by atoms with Crippen LogP contribution in [-0.4, -0.2) is 47.2 Å². The van der Waals surface area contributed by atoms with Crippen LogP contribution in [0.1, 0.15) is 64.7 Å². The van der Waals surface area contributed by atoms with Crippen LogP contribution in [0.3, 0.4) is 0 Å². The standard InChI is InChI=1S/C20H28N2O4/c1-5-11-22(19(24)15-9-7-8-10-15)12-16(23)17-13(3)18(21-14(17)4)20(25)26-6-2/h5,15,21H,1,6-12H2,2-4H3. The summed E-state index contributed by atoms with van der Waals surface area (Å²) in [6, 6.07) is 0. The molecule has 0 aliphatic heterocycles. The lowest BCUT2D eigenvalue weighted by Gasteiger charge is -2.24. The zero-order chi connectivity index (χ0) is 19.3.